The Hall–Kier alpha value is -1.13. The van der Waals surface area contributed by atoms with Crippen molar-refractivity contribution in [3.63, 3.8) is 0 Å². The number of nitrogens with zero attached hydrogens (tertiary/aromatic N) is 2. The van der Waals surface area contributed by atoms with Gasteiger partial charge >= 0.3 is 0 Å². The number of anilines is 1. The summed E-state index contributed by atoms with van der Waals surface area (Å²) >= 11 is 0. The Morgan fingerprint density at radius 3 is 2.94 bits per heavy atom. The first-order valence-electron chi connectivity index (χ1n) is 5.67. The van der Waals surface area contributed by atoms with E-state index in [-0.39, 0.29) is 6.61 Å². The smallest absolute Gasteiger partial charge is 0.128 e. The first-order valence-corrected chi connectivity index (χ1v) is 5.67. The van der Waals surface area contributed by atoms with Gasteiger partial charge in [0.15, 0.2) is 0 Å². The van der Waals surface area contributed by atoms with Gasteiger partial charge in [0.05, 0.1) is 6.61 Å². The number of aliphatic hydroxyl groups is 1. The number of aromatic nitrogens is 1. The molecule has 0 aromatic carbocycles. The molecule has 1 aromatic rings. The van der Waals surface area contributed by atoms with E-state index in [1.807, 2.05) is 12.1 Å². The van der Waals surface area contributed by atoms with Crippen molar-refractivity contribution in [2.45, 2.75) is 25.5 Å². The topological polar surface area (TPSA) is 45.6 Å². The maximum atomic E-state index is 9.09. The van der Waals surface area contributed by atoms with Crippen LogP contribution in [0.15, 0.2) is 18.3 Å². The first-order chi connectivity index (χ1) is 7.81. The van der Waals surface area contributed by atoms with Crippen molar-refractivity contribution >= 4 is 5.82 Å². The maximum Gasteiger partial charge on any atom is 0.128 e. The lowest BCUT2D eigenvalue weighted by atomic mass is 10.1. The number of hydrogen-bond donors (Lipinski definition) is 1. The molecule has 16 heavy (non-hydrogen) atoms. The molecule has 0 aliphatic carbocycles. The highest BCUT2D eigenvalue weighted by molar-refractivity contribution is 5.41. The van der Waals surface area contributed by atoms with Gasteiger partial charge in [-0.25, -0.2) is 4.98 Å². The highest BCUT2D eigenvalue weighted by Gasteiger charge is 2.19. The Bertz CT molecular complexity index is 338. The molecule has 0 amide bonds. The molecule has 1 aliphatic rings. The summed E-state index contributed by atoms with van der Waals surface area (Å²) in [6.45, 7) is 1.72. The fraction of sp³-hybridized carbons (Fsp3) is 0.583. The van der Waals surface area contributed by atoms with Gasteiger partial charge in [0.25, 0.3) is 0 Å². The Morgan fingerprint density at radius 2 is 2.25 bits per heavy atom. The van der Waals surface area contributed by atoms with Crippen molar-refractivity contribution in [1.82, 2.24) is 4.98 Å². The van der Waals surface area contributed by atoms with Gasteiger partial charge in [-0.3, -0.25) is 0 Å². The van der Waals surface area contributed by atoms with Gasteiger partial charge in [-0.1, -0.05) is 0 Å². The van der Waals surface area contributed by atoms with Crippen LogP contribution < -0.4 is 4.90 Å². The molecule has 0 saturated carbocycles. The first kappa shape index (κ1) is 11.4. The Balaban J connectivity index is 2.09. The fourth-order valence-electron chi connectivity index (χ4n) is 2.01. The molecule has 1 saturated heterocycles. The molecule has 88 valence electrons. The second-order valence-corrected chi connectivity index (χ2v) is 4.13. The van der Waals surface area contributed by atoms with Crippen molar-refractivity contribution in [3.05, 3.63) is 23.9 Å². The number of pyridine rings is 1. The van der Waals surface area contributed by atoms with E-state index in [9.17, 15) is 0 Å². The largest absolute Gasteiger partial charge is 0.392 e. The molecule has 0 unspecified atom stereocenters. The van der Waals surface area contributed by atoms with Gasteiger partial charge in [0.2, 0.25) is 0 Å². The van der Waals surface area contributed by atoms with E-state index in [2.05, 4.69) is 16.9 Å². The standard InChI is InChI=1S/C12H18N2O2/c1-14(11-3-6-16-7-4-11)12-8-10(9-15)2-5-13-12/h2,5,8,11,15H,3-4,6-7,9H2,1H3. The molecular formula is C12H18N2O2. The average molecular weight is 222 g/mol. The highest BCUT2D eigenvalue weighted by Crippen LogP contribution is 2.19. The number of rotatable bonds is 3. The average Bonchev–Trinajstić information content (AvgIpc) is 2.39. The van der Waals surface area contributed by atoms with Crippen molar-refractivity contribution in [2.75, 3.05) is 25.2 Å². The molecule has 0 atom stereocenters. The quantitative estimate of drug-likeness (QED) is 0.834. The maximum absolute atomic E-state index is 9.09. The van der Waals surface area contributed by atoms with E-state index in [1.54, 1.807) is 6.20 Å². The van der Waals surface area contributed by atoms with Crippen LogP contribution in [-0.4, -0.2) is 36.4 Å². The molecule has 1 aromatic heterocycles. The molecular weight excluding hydrogens is 204 g/mol. The molecule has 0 spiro atoms. The van der Waals surface area contributed by atoms with Crippen LogP contribution in [-0.2, 0) is 11.3 Å². The van der Waals surface area contributed by atoms with Gasteiger partial charge in [-0.2, -0.15) is 0 Å². The second kappa shape index (κ2) is 5.27. The summed E-state index contributed by atoms with van der Waals surface area (Å²) in [7, 11) is 2.06. The highest BCUT2D eigenvalue weighted by atomic mass is 16.5. The Labute approximate surface area is 95.9 Å². The number of hydrogen-bond acceptors (Lipinski definition) is 4. The normalized spacial score (nSPS) is 17.4. The summed E-state index contributed by atoms with van der Waals surface area (Å²) in [6, 6.07) is 4.27. The van der Waals surface area contributed by atoms with Gasteiger partial charge < -0.3 is 14.7 Å². The van der Waals surface area contributed by atoms with E-state index in [4.69, 9.17) is 9.84 Å². The van der Waals surface area contributed by atoms with Gasteiger partial charge in [-0.15, -0.1) is 0 Å². The van der Waals surface area contributed by atoms with Crippen LogP contribution in [0.3, 0.4) is 0 Å². The lowest BCUT2D eigenvalue weighted by Gasteiger charge is -2.32. The van der Waals surface area contributed by atoms with Crippen molar-refractivity contribution in [3.8, 4) is 0 Å². The summed E-state index contributed by atoms with van der Waals surface area (Å²) in [4.78, 5) is 6.52. The van der Waals surface area contributed by atoms with E-state index < -0.39 is 0 Å². The van der Waals surface area contributed by atoms with Crippen LogP contribution in [0.2, 0.25) is 0 Å². The summed E-state index contributed by atoms with van der Waals surface area (Å²) in [5.74, 6) is 0.929. The predicted molar refractivity (Wildman–Crippen MR) is 62.4 cm³/mol. The summed E-state index contributed by atoms with van der Waals surface area (Å²) in [5, 5.41) is 9.09. The molecule has 0 bridgehead atoms. The van der Waals surface area contributed by atoms with Crippen molar-refractivity contribution in [1.29, 1.82) is 0 Å². The zero-order chi connectivity index (χ0) is 11.4. The van der Waals surface area contributed by atoms with E-state index in [0.29, 0.717) is 6.04 Å². The molecule has 1 N–H and O–H groups in total. The van der Waals surface area contributed by atoms with Gasteiger partial charge in [0.1, 0.15) is 5.82 Å². The van der Waals surface area contributed by atoms with Crippen LogP contribution >= 0.6 is 0 Å². The third-order valence-corrected chi connectivity index (χ3v) is 3.09. The molecule has 2 heterocycles. The number of ether oxygens (including phenoxy) is 1. The molecule has 0 radical (unpaired) electrons. The minimum Gasteiger partial charge on any atom is -0.392 e. The van der Waals surface area contributed by atoms with Crippen LogP contribution in [0.4, 0.5) is 5.82 Å². The van der Waals surface area contributed by atoms with Crippen molar-refractivity contribution < 1.29 is 9.84 Å². The molecule has 4 nitrogen and oxygen atoms in total. The second-order valence-electron chi connectivity index (χ2n) is 4.13. The van der Waals surface area contributed by atoms with Crippen LogP contribution in [0.5, 0.6) is 0 Å². The molecule has 1 fully saturated rings. The zero-order valence-electron chi connectivity index (χ0n) is 9.59. The van der Waals surface area contributed by atoms with E-state index in [0.717, 1.165) is 37.4 Å². The third-order valence-electron chi connectivity index (χ3n) is 3.09. The van der Waals surface area contributed by atoms with Crippen LogP contribution in [0.1, 0.15) is 18.4 Å². The number of aliphatic hydroxyl groups excluding tert-OH is 1. The zero-order valence-corrected chi connectivity index (χ0v) is 9.59. The predicted octanol–water partition coefficient (Wildman–Crippen LogP) is 1.19. The molecule has 4 heteroatoms. The summed E-state index contributed by atoms with van der Waals surface area (Å²) in [5.41, 5.74) is 0.906. The monoisotopic (exact) mass is 222 g/mol. The minimum atomic E-state index is 0.0666. The van der Waals surface area contributed by atoms with Crippen LogP contribution in [0.25, 0.3) is 0 Å². The lowest BCUT2D eigenvalue weighted by molar-refractivity contribution is 0.0853. The van der Waals surface area contributed by atoms with E-state index in [1.165, 1.54) is 0 Å². The van der Waals surface area contributed by atoms with Crippen molar-refractivity contribution in [2.24, 2.45) is 0 Å². The summed E-state index contributed by atoms with van der Waals surface area (Å²) in [6.07, 6.45) is 3.83. The fourth-order valence-corrected chi connectivity index (χ4v) is 2.01. The van der Waals surface area contributed by atoms with Gasteiger partial charge in [0, 0.05) is 32.5 Å². The third kappa shape index (κ3) is 2.51. The molecule has 2 rings (SSSR count). The lowest BCUT2D eigenvalue weighted by Crippen LogP contribution is -2.37. The SMILES string of the molecule is CN(c1cc(CO)ccn1)C1CCOCC1. The summed E-state index contributed by atoms with van der Waals surface area (Å²) < 4.78 is 5.34. The molecule has 1 aliphatic heterocycles. The Kier molecular flexibility index (Phi) is 3.74. The van der Waals surface area contributed by atoms with E-state index >= 15 is 0 Å². The Morgan fingerprint density at radius 1 is 1.50 bits per heavy atom. The minimum absolute atomic E-state index is 0.0666. The van der Waals surface area contributed by atoms with Gasteiger partial charge in [-0.05, 0) is 30.5 Å². The van der Waals surface area contributed by atoms with Crippen LogP contribution in [0, 0.1) is 0 Å².